The second-order valence-corrected chi connectivity index (χ2v) is 4.63. The van der Waals surface area contributed by atoms with E-state index in [4.69, 9.17) is 0 Å². The van der Waals surface area contributed by atoms with Gasteiger partial charge in [0.05, 0.1) is 12.1 Å². The first-order chi connectivity index (χ1) is 5.13. The Morgan fingerprint density at radius 2 is 1.67 bits per heavy atom. The summed E-state index contributed by atoms with van der Waals surface area (Å²) in [5.74, 6) is -3.28. The van der Waals surface area contributed by atoms with E-state index in [2.05, 4.69) is 0 Å². The van der Waals surface area contributed by atoms with E-state index >= 15 is 0 Å². The van der Waals surface area contributed by atoms with Crippen LogP contribution in [0.1, 0.15) is 13.8 Å². The lowest BCUT2D eigenvalue weighted by molar-refractivity contribution is -0.0720. The molecule has 72 valence electrons. The summed E-state index contributed by atoms with van der Waals surface area (Å²) < 4.78 is 39.6. The van der Waals surface area contributed by atoms with Gasteiger partial charge in [-0.2, -0.15) is 0 Å². The van der Waals surface area contributed by atoms with E-state index in [0.717, 1.165) is 0 Å². The molecule has 0 bridgehead atoms. The van der Waals surface area contributed by atoms with Crippen LogP contribution < -0.4 is 0 Å². The molecule has 0 N–H and O–H groups in total. The van der Waals surface area contributed by atoms with Gasteiger partial charge in [-0.05, 0) is 20.9 Å². The first-order valence-corrected chi connectivity index (χ1v) is 4.27. The van der Waals surface area contributed by atoms with Crippen LogP contribution in [0.5, 0.6) is 0 Å². The molecule has 5 heteroatoms. The fourth-order valence-electron chi connectivity index (χ4n) is 1.34. The Balaban J connectivity index is 3.10. The van der Waals surface area contributed by atoms with Crippen LogP contribution in [0.4, 0.5) is 13.2 Å². The summed E-state index contributed by atoms with van der Waals surface area (Å²) in [6.45, 7) is 2.42. The molecule has 2 unspecified atom stereocenters. The van der Waals surface area contributed by atoms with Gasteiger partial charge in [0.15, 0.2) is 0 Å². The predicted molar refractivity (Wildman–Crippen MR) is 45.2 cm³/mol. The van der Waals surface area contributed by atoms with Crippen LogP contribution in [0.25, 0.3) is 0 Å². The van der Waals surface area contributed by atoms with E-state index in [-0.39, 0.29) is 0 Å². The molecule has 0 aromatic carbocycles. The van der Waals surface area contributed by atoms with Crippen LogP contribution in [0, 0.1) is 0 Å². The lowest BCUT2D eigenvalue weighted by Gasteiger charge is -2.35. The van der Waals surface area contributed by atoms with E-state index in [1.807, 2.05) is 0 Å². The molecule has 1 aliphatic rings. The smallest absolute Gasteiger partial charge is 0.291 e. The van der Waals surface area contributed by atoms with Crippen molar-refractivity contribution in [1.82, 2.24) is 4.90 Å². The van der Waals surface area contributed by atoms with Gasteiger partial charge in [-0.3, -0.25) is 4.90 Å². The number of halogens is 3. The number of hydrogen-bond acceptors (Lipinski definition) is 1. The summed E-state index contributed by atoms with van der Waals surface area (Å²) in [6, 6.07) is 0. The Hall–Kier alpha value is 0.180. The lowest BCUT2D eigenvalue weighted by atomic mass is 9.98. The number of hydrogen-bond donors (Lipinski definition) is 0. The summed E-state index contributed by atoms with van der Waals surface area (Å²) >= 11 is 0. The molecule has 0 aromatic heterocycles. The molecule has 2 atom stereocenters. The molecule has 1 heterocycles. The standard InChI is InChI=1S/C7H13F3NP/c1-5(2)7(10,12)6(8,9)4-11(5)3/h4,12H2,1-3H3. The van der Waals surface area contributed by atoms with Crippen LogP contribution in [0.15, 0.2) is 0 Å². The van der Waals surface area contributed by atoms with Gasteiger partial charge in [0.25, 0.3) is 5.92 Å². The second-order valence-electron chi connectivity index (χ2n) is 3.83. The van der Waals surface area contributed by atoms with Gasteiger partial charge >= 0.3 is 0 Å². The van der Waals surface area contributed by atoms with Crippen molar-refractivity contribution in [2.24, 2.45) is 0 Å². The van der Waals surface area contributed by atoms with Crippen LogP contribution in [0.2, 0.25) is 0 Å². The molecule has 0 aromatic rings. The van der Waals surface area contributed by atoms with Crippen molar-refractivity contribution < 1.29 is 13.2 Å². The maximum absolute atomic E-state index is 13.6. The summed E-state index contributed by atoms with van der Waals surface area (Å²) in [4.78, 5) is 1.33. The van der Waals surface area contributed by atoms with E-state index < -0.39 is 23.4 Å². The maximum Gasteiger partial charge on any atom is 0.298 e. The zero-order valence-corrected chi connectivity index (χ0v) is 8.52. The van der Waals surface area contributed by atoms with E-state index in [9.17, 15) is 13.2 Å². The zero-order valence-electron chi connectivity index (χ0n) is 7.37. The summed E-state index contributed by atoms with van der Waals surface area (Å²) in [5.41, 5.74) is -1.14. The first-order valence-electron chi connectivity index (χ1n) is 3.70. The van der Waals surface area contributed by atoms with Gasteiger partial charge in [-0.25, -0.2) is 13.2 Å². The molecule has 0 radical (unpaired) electrons. The van der Waals surface area contributed by atoms with Crippen molar-refractivity contribution in [3.05, 3.63) is 0 Å². The van der Waals surface area contributed by atoms with Crippen molar-refractivity contribution in [2.75, 3.05) is 13.6 Å². The number of alkyl halides is 3. The zero-order chi connectivity index (χ0) is 9.78. The number of nitrogens with zero attached hydrogens (tertiary/aromatic N) is 1. The summed E-state index contributed by atoms with van der Waals surface area (Å²) in [5, 5.41) is -2.53. The highest BCUT2D eigenvalue weighted by Crippen LogP contribution is 2.53. The fourth-order valence-corrected chi connectivity index (χ4v) is 1.65. The Bertz CT molecular complexity index is 203. The highest BCUT2D eigenvalue weighted by atomic mass is 31.0. The van der Waals surface area contributed by atoms with E-state index in [0.29, 0.717) is 0 Å². The van der Waals surface area contributed by atoms with Gasteiger partial charge in [0.1, 0.15) is 0 Å². The number of rotatable bonds is 0. The third kappa shape index (κ3) is 1.01. The Labute approximate surface area is 72.5 Å². The SMILES string of the molecule is CN1CC(F)(F)C(F)(P)C1(C)C. The lowest BCUT2D eigenvalue weighted by Crippen LogP contribution is -2.50. The molecule has 0 aliphatic carbocycles. The normalized spacial score (nSPS) is 40.2. The van der Waals surface area contributed by atoms with Crippen LogP contribution in [-0.2, 0) is 0 Å². The summed E-state index contributed by atoms with van der Waals surface area (Å²) in [6.07, 6.45) is 0. The third-order valence-electron chi connectivity index (χ3n) is 2.81. The molecular formula is C7H13F3NP. The largest absolute Gasteiger partial charge is 0.298 e. The van der Waals surface area contributed by atoms with Gasteiger partial charge in [-0.1, -0.05) is 9.24 Å². The van der Waals surface area contributed by atoms with Crippen molar-refractivity contribution in [3.63, 3.8) is 0 Å². The van der Waals surface area contributed by atoms with Gasteiger partial charge in [0, 0.05) is 0 Å². The van der Waals surface area contributed by atoms with Crippen LogP contribution in [-0.4, -0.2) is 35.4 Å². The fraction of sp³-hybridized carbons (Fsp3) is 1.00. The molecule has 0 amide bonds. The molecule has 1 fully saturated rings. The van der Waals surface area contributed by atoms with Crippen LogP contribution in [0.3, 0.4) is 0 Å². The average Bonchev–Trinajstić information content (AvgIpc) is 1.92. The first kappa shape index (κ1) is 10.3. The molecule has 1 rings (SSSR count). The Morgan fingerprint density at radius 3 is 1.75 bits per heavy atom. The molecule has 0 saturated carbocycles. The minimum atomic E-state index is -3.28. The van der Waals surface area contributed by atoms with Crippen molar-refractivity contribution in [3.8, 4) is 0 Å². The molecule has 1 saturated heterocycles. The minimum absolute atomic E-state index is 0.528. The Kier molecular flexibility index (Phi) is 2.01. The molecule has 12 heavy (non-hydrogen) atoms. The van der Waals surface area contributed by atoms with Gasteiger partial charge in [0.2, 0.25) is 5.41 Å². The minimum Gasteiger partial charge on any atom is -0.291 e. The van der Waals surface area contributed by atoms with Crippen LogP contribution >= 0.6 is 9.24 Å². The molecule has 0 spiro atoms. The summed E-state index contributed by atoms with van der Waals surface area (Å²) in [7, 11) is 3.13. The van der Waals surface area contributed by atoms with E-state index in [1.54, 1.807) is 9.24 Å². The van der Waals surface area contributed by atoms with Gasteiger partial charge in [-0.15, -0.1) is 0 Å². The monoisotopic (exact) mass is 199 g/mol. The molecule has 1 nitrogen and oxygen atoms in total. The predicted octanol–water partition coefficient (Wildman–Crippen LogP) is 1.89. The molecule has 1 aliphatic heterocycles. The van der Waals surface area contributed by atoms with E-state index in [1.165, 1.54) is 25.8 Å². The van der Waals surface area contributed by atoms with Crippen molar-refractivity contribution in [1.29, 1.82) is 0 Å². The second kappa shape index (κ2) is 2.36. The third-order valence-corrected chi connectivity index (χ3v) is 3.94. The topological polar surface area (TPSA) is 3.24 Å². The quantitative estimate of drug-likeness (QED) is 0.538. The highest BCUT2D eigenvalue weighted by molar-refractivity contribution is 7.19. The van der Waals surface area contributed by atoms with Crippen molar-refractivity contribution >= 4 is 9.24 Å². The van der Waals surface area contributed by atoms with Gasteiger partial charge < -0.3 is 0 Å². The maximum atomic E-state index is 13.6. The highest BCUT2D eigenvalue weighted by Gasteiger charge is 2.67. The average molecular weight is 199 g/mol. The van der Waals surface area contributed by atoms with Crippen molar-refractivity contribution in [2.45, 2.75) is 30.7 Å². The molecular weight excluding hydrogens is 186 g/mol. The Morgan fingerprint density at radius 1 is 1.25 bits per heavy atom. The number of likely N-dealkylation sites (tertiary alicyclic amines) is 1.